The second-order valence-corrected chi connectivity index (χ2v) is 13.0. The van der Waals surface area contributed by atoms with Gasteiger partial charge in [-0.1, -0.05) is 0 Å². The Bertz CT molecular complexity index is 1350. The Hall–Kier alpha value is -3.54. The maximum atomic E-state index is 13.7. The zero-order valence-electron chi connectivity index (χ0n) is 24.5. The first-order valence-electron chi connectivity index (χ1n) is 14.4. The molecular weight excluding hydrogens is 596 g/mol. The number of amides is 3. The second kappa shape index (κ2) is 10.8. The molecule has 3 saturated heterocycles. The maximum absolute atomic E-state index is 13.7. The molecule has 2 bridgehead atoms. The van der Waals surface area contributed by atoms with Crippen LogP contribution in [0.3, 0.4) is 0 Å². The number of alkyl carbamates (subject to hydrolysis) is 1. The fourth-order valence-corrected chi connectivity index (χ4v) is 6.72. The summed E-state index contributed by atoms with van der Waals surface area (Å²) in [6.07, 6.45) is -9.36. The number of carbonyl (C=O) groups is 3. The van der Waals surface area contributed by atoms with Gasteiger partial charge in [-0.2, -0.15) is 31.6 Å². The molecule has 44 heavy (non-hydrogen) atoms. The quantitative estimate of drug-likeness (QED) is 0.466. The normalized spacial score (nSPS) is 28.0. The summed E-state index contributed by atoms with van der Waals surface area (Å²) in [7, 11) is 0. The lowest BCUT2D eigenvalue weighted by atomic mass is 9.98. The number of piperazine rings is 1. The molecule has 3 amide bonds. The summed E-state index contributed by atoms with van der Waals surface area (Å²) in [6.45, 7) is 6.43. The molecule has 0 spiro atoms. The number of likely N-dealkylation sites (tertiary alicyclic amines) is 3. The third kappa shape index (κ3) is 6.18. The number of piperidine rings is 1. The number of hydrogen-bond acceptors (Lipinski definition) is 6. The van der Waals surface area contributed by atoms with E-state index >= 15 is 0 Å². The van der Waals surface area contributed by atoms with Crippen molar-refractivity contribution in [1.29, 1.82) is 5.26 Å². The third-order valence-corrected chi connectivity index (χ3v) is 8.74. The van der Waals surface area contributed by atoms with Gasteiger partial charge in [0, 0.05) is 25.2 Å². The van der Waals surface area contributed by atoms with Gasteiger partial charge in [0.25, 0.3) is 0 Å². The highest BCUT2D eigenvalue weighted by Crippen LogP contribution is 2.48. The number of ether oxygens (including phenoxy) is 1. The van der Waals surface area contributed by atoms with Gasteiger partial charge in [0.05, 0.1) is 29.3 Å². The van der Waals surface area contributed by atoms with Crippen LogP contribution in [-0.2, 0) is 26.7 Å². The first kappa shape index (κ1) is 31.9. The number of alkyl halides is 6. The molecule has 0 aromatic heterocycles. The fourth-order valence-electron chi connectivity index (χ4n) is 6.72. The molecule has 5 unspecified atom stereocenters. The average molecular weight is 630 g/mol. The lowest BCUT2D eigenvalue weighted by molar-refractivity contribution is -0.143. The van der Waals surface area contributed by atoms with Crippen LogP contribution in [-0.4, -0.2) is 81.5 Å². The van der Waals surface area contributed by atoms with Crippen molar-refractivity contribution < 1.29 is 45.5 Å². The van der Waals surface area contributed by atoms with E-state index < -0.39 is 77.2 Å². The molecule has 1 saturated carbocycles. The van der Waals surface area contributed by atoms with Crippen molar-refractivity contribution in [3.05, 3.63) is 34.9 Å². The van der Waals surface area contributed by atoms with Crippen LogP contribution in [0.4, 0.5) is 31.1 Å². The maximum Gasteiger partial charge on any atom is 0.416 e. The molecule has 1 aliphatic carbocycles. The number of carbonyl (C=O) groups excluding carboxylic acids is 3. The number of hydrogen-bond donors (Lipinski definition) is 1. The number of rotatable bonds is 6. The molecule has 5 rings (SSSR count). The van der Waals surface area contributed by atoms with E-state index in [9.17, 15) is 46.0 Å². The van der Waals surface area contributed by atoms with E-state index in [0.717, 1.165) is 6.42 Å². The number of halogens is 6. The molecular formula is C29H33F6N5O4. The summed E-state index contributed by atoms with van der Waals surface area (Å²) in [5, 5.41) is 12.2. The van der Waals surface area contributed by atoms with E-state index in [1.54, 1.807) is 25.7 Å². The van der Waals surface area contributed by atoms with Crippen molar-refractivity contribution in [2.75, 3.05) is 13.1 Å². The van der Waals surface area contributed by atoms with Gasteiger partial charge < -0.3 is 19.9 Å². The molecule has 0 radical (unpaired) electrons. The van der Waals surface area contributed by atoms with E-state index in [-0.39, 0.29) is 43.1 Å². The highest BCUT2D eigenvalue weighted by molar-refractivity contribution is 5.89. The van der Waals surface area contributed by atoms with Crippen LogP contribution in [0.1, 0.15) is 69.7 Å². The van der Waals surface area contributed by atoms with E-state index in [1.165, 1.54) is 16.7 Å². The smallest absolute Gasteiger partial charge is 0.416 e. The topological polar surface area (TPSA) is 106 Å². The SMILES string of the molecule is CC(c1cc(C(F)(F)F)cc(C(F)(F)F)c1)N1C(=O)C2CC1CN2CC(NC(=O)OC(C)(C)C)C(=O)N1C(C#N)C[C@@H]2C[C@@H]21. The van der Waals surface area contributed by atoms with Gasteiger partial charge in [0.15, 0.2) is 0 Å². The van der Waals surface area contributed by atoms with Gasteiger partial charge in [-0.05, 0) is 76.6 Å². The minimum atomic E-state index is -5.02. The summed E-state index contributed by atoms with van der Waals surface area (Å²) in [4.78, 5) is 44.4. The molecule has 1 aromatic carbocycles. The molecule has 15 heteroatoms. The van der Waals surface area contributed by atoms with Crippen LogP contribution in [0.2, 0.25) is 0 Å². The molecule has 3 aliphatic heterocycles. The molecule has 4 aliphatic rings. The minimum Gasteiger partial charge on any atom is -0.444 e. The van der Waals surface area contributed by atoms with Crippen LogP contribution in [0.25, 0.3) is 0 Å². The van der Waals surface area contributed by atoms with Crippen LogP contribution in [0, 0.1) is 17.2 Å². The molecule has 4 fully saturated rings. The molecule has 240 valence electrons. The Kier molecular flexibility index (Phi) is 7.83. The van der Waals surface area contributed by atoms with Crippen molar-refractivity contribution in [3.8, 4) is 6.07 Å². The summed E-state index contributed by atoms with van der Waals surface area (Å²) < 4.78 is 86.1. The van der Waals surface area contributed by atoms with Crippen molar-refractivity contribution in [2.45, 2.75) is 101 Å². The Morgan fingerprint density at radius 3 is 2.18 bits per heavy atom. The Morgan fingerprint density at radius 1 is 1.05 bits per heavy atom. The molecule has 9 nitrogen and oxygen atoms in total. The van der Waals surface area contributed by atoms with E-state index in [0.29, 0.717) is 18.6 Å². The lowest BCUT2D eigenvalue weighted by Gasteiger charge is -2.39. The molecule has 3 heterocycles. The standard InChI is InChI=1S/C29H33F6N5O4/c1-14(15-5-17(28(30,31)32)9-18(6-15)29(33,34)35)39-20-10-23(25(39)42)38(12-20)13-21(37-26(43)44-27(2,3)4)24(41)40-19(11-36)7-16-8-22(16)40/h5-6,9,14,16,19-23H,7-8,10,12-13H2,1-4H3,(H,37,43)/t14?,16-,19?,20?,21?,22+,23?/m1/s1. The molecule has 1 aromatic rings. The summed E-state index contributed by atoms with van der Waals surface area (Å²) in [5.41, 5.74) is -4.08. The summed E-state index contributed by atoms with van der Waals surface area (Å²) >= 11 is 0. The van der Waals surface area contributed by atoms with Gasteiger partial charge in [0.1, 0.15) is 17.7 Å². The van der Waals surface area contributed by atoms with Gasteiger partial charge in [-0.3, -0.25) is 14.5 Å². The van der Waals surface area contributed by atoms with Crippen molar-refractivity contribution in [1.82, 2.24) is 20.0 Å². The van der Waals surface area contributed by atoms with Crippen LogP contribution < -0.4 is 5.32 Å². The number of nitrogens with one attached hydrogen (secondary N) is 1. The van der Waals surface area contributed by atoms with Crippen LogP contribution >= 0.6 is 0 Å². The predicted molar refractivity (Wildman–Crippen MR) is 141 cm³/mol. The van der Waals surface area contributed by atoms with Gasteiger partial charge in [-0.15, -0.1) is 0 Å². The zero-order chi connectivity index (χ0) is 32.5. The van der Waals surface area contributed by atoms with E-state index in [1.807, 2.05) is 0 Å². The Balaban J connectivity index is 1.35. The summed E-state index contributed by atoms with van der Waals surface area (Å²) in [6, 6.07) is -0.896. The van der Waals surface area contributed by atoms with Crippen molar-refractivity contribution >= 4 is 17.9 Å². The number of nitrogens with zero attached hydrogens (tertiary/aromatic N) is 4. The lowest BCUT2D eigenvalue weighted by Crippen LogP contribution is -2.59. The van der Waals surface area contributed by atoms with Gasteiger partial charge >= 0.3 is 18.4 Å². The van der Waals surface area contributed by atoms with Crippen molar-refractivity contribution in [3.63, 3.8) is 0 Å². The number of fused-ring (bicyclic) bond motifs is 3. The van der Waals surface area contributed by atoms with E-state index in [4.69, 9.17) is 4.74 Å². The Labute approximate surface area is 250 Å². The highest BCUT2D eigenvalue weighted by atomic mass is 19.4. The average Bonchev–Trinajstić information content (AvgIpc) is 3.22. The highest BCUT2D eigenvalue weighted by Gasteiger charge is 2.57. The molecule has 1 N–H and O–H groups in total. The Morgan fingerprint density at radius 2 is 1.66 bits per heavy atom. The van der Waals surface area contributed by atoms with E-state index in [2.05, 4.69) is 11.4 Å². The second-order valence-electron chi connectivity index (χ2n) is 13.0. The third-order valence-electron chi connectivity index (χ3n) is 8.74. The molecule has 7 atom stereocenters. The predicted octanol–water partition coefficient (Wildman–Crippen LogP) is 4.48. The first-order valence-corrected chi connectivity index (χ1v) is 14.4. The van der Waals surface area contributed by atoms with Gasteiger partial charge in [-0.25, -0.2) is 4.79 Å². The first-order chi connectivity index (χ1) is 20.3. The van der Waals surface area contributed by atoms with Crippen LogP contribution in [0.5, 0.6) is 0 Å². The number of benzene rings is 1. The summed E-state index contributed by atoms with van der Waals surface area (Å²) in [5.74, 6) is -0.753. The van der Waals surface area contributed by atoms with Crippen molar-refractivity contribution in [2.24, 2.45) is 5.92 Å². The monoisotopic (exact) mass is 629 g/mol. The van der Waals surface area contributed by atoms with Crippen LogP contribution in [0.15, 0.2) is 18.2 Å². The van der Waals surface area contributed by atoms with Gasteiger partial charge in [0.2, 0.25) is 11.8 Å². The minimum absolute atomic E-state index is 0.0474. The fraction of sp³-hybridized carbons (Fsp3) is 0.655. The number of nitriles is 1. The largest absolute Gasteiger partial charge is 0.444 e. The zero-order valence-corrected chi connectivity index (χ0v) is 24.5.